The zero-order valence-electron chi connectivity index (χ0n) is 20.9. The number of ether oxygens (including phenoxy) is 2. The van der Waals surface area contributed by atoms with Crippen LogP contribution in [0.25, 0.3) is 0 Å². The van der Waals surface area contributed by atoms with Gasteiger partial charge in [0.25, 0.3) is 5.91 Å². The highest BCUT2D eigenvalue weighted by Crippen LogP contribution is 2.34. The topological polar surface area (TPSA) is 59.1 Å². The van der Waals surface area contributed by atoms with Crippen LogP contribution < -0.4 is 4.90 Å². The summed E-state index contributed by atoms with van der Waals surface area (Å²) in [5.41, 5.74) is 2.10. The van der Waals surface area contributed by atoms with Gasteiger partial charge in [0.2, 0.25) is 0 Å². The van der Waals surface area contributed by atoms with Crippen LogP contribution in [0, 0.1) is 0 Å². The van der Waals surface area contributed by atoms with Gasteiger partial charge >= 0.3 is 6.09 Å². The molecule has 1 unspecified atom stereocenters. The van der Waals surface area contributed by atoms with E-state index in [0.29, 0.717) is 35.2 Å². The van der Waals surface area contributed by atoms with Gasteiger partial charge in [0.15, 0.2) is 0 Å². The van der Waals surface area contributed by atoms with Crippen LogP contribution in [-0.2, 0) is 22.3 Å². The molecule has 188 valence electrons. The molecule has 0 aliphatic carbocycles. The number of fused-ring (bicyclic) bond motifs is 1. The van der Waals surface area contributed by atoms with Gasteiger partial charge < -0.3 is 14.4 Å². The highest BCUT2D eigenvalue weighted by Gasteiger charge is 2.45. The lowest BCUT2D eigenvalue weighted by Gasteiger charge is -2.35. The Labute approximate surface area is 217 Å². The Morgan fingerprint density at radius 1 is 1.14 bits per heavy atom. The number of carbonyl (C=O) groups is 2. The van der Waals surface area contributed by atoms with E-state index in [1.807, 2.05) is 58.9 Å². The van der Waals surface area contributed by atoms with Crippen LogP contribution in [0.1, 0.15) is 62.5 Å². The summed E-state index contributed by atoms with van der Waals surface area (Å²) in [7, 11) is 0. The molecule has 0 saturated carbocycles. The van der Waals surface area contributed by atoms with Crippen LogP contribution in [0.2, 0.25) is 10.0 Å². The number of carbonyl (C=O) groups excluding carboxylic acids is 2. The van der Waals surface area contributed by atoms with Crippen LogP contribution in [0.5, 0.6) is 0 Å². The van der Waals surface area contributed by atoms with Crippen molar-refractivity contribution in [1.29, 1.82) is 0 Å². The summed E-state index contributed by atoms with van der Waals surface area (Å²) in [6.45, 7) is 10.4. The van der Waals surface area contributed by atoms with Crippen molar-refractivity contribution >= 4 is 40.9 Å². The third-order valence-electron chi connectivity index (χ3n) is 6.44. The van der Waals surface area contributed by atoms with Crippen molar-refractivity contribution in [1.82, 2.24) is 4.90 Å². The van der Waals surface area contributed by atoms with Gasteiger partial charge in [-0.3, -0.25) is 9.69 Å². The standard InChI is InChI=1S/C27H32Cl2N2O4/c1-26(2,3)35-25(33)31-19(16-34-27(31,4)5)11-8-17-6-9-18(10-7-17)30-15-14-20-21(24(30)32)12-13-22(28)23(20)29/h6-7,9-10,12-13,19H,8,11,14-16H2,1-5H3. The normalized spacial score (nSPS) is 19.6. The van der Waals surface area contributed by atoms with E-state index in [1.54, 1.807) is 21.9 Å². The smallest absolute Gasteiger partial charge is 0.412 e. The fourth-order valence-electron chi connectivity index (χ4n) is 4.71. The first-order valence-electron chi connectivity index (χ1n) is 11.9. The van der Waals surface area contributed by atoms with Gasteiger partial charge in [-0.05, 0) is 89.3 Å². The first kappa shape index (κ1) is 25.8. The quantitative estimate of drug-likeness (QED) is 0.463. The number of rotatable bonds is 4. The van der Waals surface area contributed by atoms with Crippen molar-refractivity contribution in [2.75, 3.05) is 18.1 Å². The molecule has 1 saturated heterocycles. The maximum atomic E-state index is 13.1. The average Bonchev–Trinajstić information content (AvgIpc) is 3.08. The Kier molecular flexibility index (Phi) is 7.11. The number of anilines is 1. The molecule has 0 radical (unpaired) electrons. The van der Waals surface area contributed by atoms with Gasteiger partial charge in [0.05, 0.1) is 22.7 Å². The van der Waals surface area contributed by atoms with Gasteiger partial charge in [-0.25, -0.2) is 4.79 Å². The Balaban J connectivity index is 1.42. The van der Waals surface area contributed by atoms with E-state index in [0.717, 1.165) is 29.7 Å². The number of hydrogen-bond acceptors (Lipinski definition) is 4. The molecule has 2 aliphatic heterocycles. The van der Waals surface area contributed by atoms with E-state index in [9.17, 15) is 9.59 Å². The minimum atomic E-state index is -0.713. The van der Waals surface area contributed by atoms with Crippen LogP contribution in [0.3, 0.4) is 0 Å². The first-order chi connectivity index (χ1) is 16.4. The third-order valence-corrected chi connectivity index (χ3v) is 7.28. The summed E-state index contributed by atoms with van der Waals surface area (Å²) in [5, 5.41) is 0.935. The van der Waals surface area contributed by atoms with Crippen LogP contribution in [0.4, 0.5) is 10.5 Å². The molecule has 2 amide bonds. The van der Waals surface area contributed by atoms with Gasteiger partial charge in [-0.15, -0.1) is 0 Å². The molecule has 4 rings (SSSR count). The molecule has 2 aliphatic rings. The maximum Gasteiger partial charge on any atom is 0.412 e. The van der Waals surface area contributed by atoms with E-state index in [4.69, 9.17) is 32.7 Å². The van der Waals surface area contributed by atoms with Crippen molar-refractivity contribution < 1.29 is 19.1 Å². The summed E-state index contributed by atoms with van der Waals surface area (Å²) in [6.07, 6.45) is 1.82. The third kappa shape index (κ3) is 5.45. The SMILES string of the molecule is CC(C)(C)OC(=O)N1C(CCc2ccc(N3CCc4c(ccc(Cl)c4Cl)C3=O)cc2)COC1(C)C. The van der Waals surface area contributed by atoms with Crippen molar-refractivity contribution in [3.63, 3.8) is 0 Å². The van der Waals surface area contributed by atoms with Crippen LogP contribution >= 0.6 is 23.2 Å². The van der Waals surface area contributed by atoms with E-state index in [2.05, 4.69) is 0 Å². The maximum absolute atomic E-state index is 13.1. The number of benzene rings is 2. The minimum absolute atomic E-state index is 0.0729. The van der Waals surface area contributed by atoms with Crippen molar-refractivity contribution in [3.8, 4) is 0 Å². The first-order valence-corrected chi connectivity index (χ1v) is 12.7. The molecule has 0 spiro atoms. The summed E-state index contributed by atoms with van der Waals surface area (Å²) < 4.78 is 11.5. The zero-order chi connectivity index (χ0) is 25.5. The monoisotopic (exact) mass is 518 g/mol. The molecule has 2 aromatic rings. The van der Waals surface area contributed by atoms with Crippen molar-refractivity contribution in [3.05, 3.63) is 63.1 Å². The number of nitrogens with zero attached hydrogens (tertiary/aromatic N) is 2. The highest BCUT2D eigenvalue weighted by molar-refractivity contribution is 6.43. The van der Waals surface area contributed by atoms with Gasteiger partial charge in [0, 0.05) is 17.8 Å². The molecule has 1 atom stereocenters. The molecule has 0 bridgehead atoms. The zero-order valence-corrected chi connectivity index (χ0v) is 22.4. The molecule has 35 heavy (non-hydrogen) atoms. The lowest BCUT2D eigenvalue weighted by atomic mass is 9.98. The number of halogens is 2. The van der Waals surface area contributed by atoms with Gasteiger partial charge in [0.1, 0.15) is 11.3 Å². The summed E-state index contributed by atoms with van der Waals surface area (Å²) in [6, 6.07) is 11.3. The molecular formula is C27H32Cl2N2O4. The van der Waals surface area contributed by atoms with Crippen molar-refractivity contribution in [2.24, 2.45) is 0 Å². The largest absolute Gasteiger partial charge is 0.444 e. The summed E-state index contributed by atoms with van der Waals surface area (Å²) in [4.78, 5) is 29.4. The number of aryl methyl sites for hydroxylation is 1. The summed E-state index contributed by atoms with van der Waals surface area (Å²) >= 11 is 12.4. The molecular weight excluding hydrogens is 487 g/mol. The Bertz CT molecular complexity index is 1130. The number of amides is 2. The van der Waals surface area contributed by atoms with Crippen molar-refractivity contribution in [2.45, 2.75) is 71.2 Å². The van der Waals surface area contributed by atoms with Gasteiger partial charge in [-0.2, -0.15) is 0 Å². The van der Waals surface area contributed by atoms with E-state index < -0.39 is 11.3 Å². The molecule has 2 aromatic carbocycles. The summed E-state index contributed by atoms with van der Waals surface area (Å²) in [5.74, 6) is -0.0732. The molecule has 6 nitrogen and oxygen atoms in total. The highest BCUT2D eigenvalue weighted by atomic mass is 35.5. The Hall–Kier alpha value is -2.28. The molecule has 8 heteroatoms. The molecule has 1 fully saturated rings. The Morgan fingerprint density at radius 3 is 2.49 bits per heavy atom. The van der Waals surface area contributed by atoms with E-state index in [-0.39, 0.29) is 18.0 Å². The number of hydrogen-bond donors (Lipinski definition) is 0. The lowest BCUT2D eigenvalue weighted by molar-refractivity contribution is -0.0626. The predicted octanol–water partition coefficient (Wildman–Crippen LogP) is 6.50. The van der Waals surface area contributed by atoms with E-state index >= 15 is 0 Å². The Morgan fingerprint density at radius 2 is 1.83 bits per heavy atom. The molecule has 0 aromatic heterocycles. The fraction of sp³-hybridized carbons (Fsp3) is 0.481. The second-order valence-corrected chi connectivity index (χ2v) is 11.3. The second-order valence-electron chi connectivity index (χ2n) is 10.6. The fourth-order valence-corrected chi connectivity index (χ4v) is 5.14. The average molecular weight is 519 g/mol. The van der Waals surface area contributed by atoms with Crippen LogP contribution in [-0.4, -0.2) is 47.4 Å². The predicted molar refractivity (Wildman–Crippen MR) is 138 cm³/mol. The van der Waals surface area contributed by atoms with E-state index in [1.165, 1.54) is 0 Å². The van der Waals surface area contributed by atoms with Gasteiger partial charge in [-0.1, -0.05) is 35.3 Å². The van der Waals surface area contributed by atoms with Crippen LogP contribution in [0.15, 0.2) is 36.4 Å². The molecule has 2 heterocycles. The molecule has 0 N–H and O–H groups in total. The lowest BCUT2D eigenvalue weighted by Crippen LogP contribution is -2.49. The second kappa shape index (κ2) is 9.64. The minimum Gasteiger partial charge on any atom is -0.444 e.